The minimum atomic E-state index is -4.32. The van der Waals surface area contributed by atoms with Crippen molar-refractivity contribution in [2.75, 3.05) is 26.2 Å². The van der Waals surface area contributed by atoms with Crippen LogP contribution in [-0.4, -0.2) is 48.7 Å². The summed E-state index contributed by atoms with van der Waals surface area (Å²) in [6, 6.07) is 0. The highest BCUT2D eigenvalue weighted by atomic mass is 19.4. The topological polar surface area (TPSA) is 58.4 Å². The number of carbonyl (C=O) groups is 1. The van der Waals surface area contributed by atoms with Crippen LogP contribution in [0.1, 0.15) is 13.8 Å². The third-order valence-electron chi connectivity index (χ3n) is 3.20. The molecule has 1 rings (SSSR count). The third kappa shape index (κ3) is 3.10. The van der Waals surface area contributed by atoms with Gasteiger partial charge in [0.1, 0.15) is 0 Å². The Bertz CT molecular complexity index is 291. The third-order valence-corrected chi connectivity index (χ3v) is 3.20. The zero-order valence-corrected chi connectivity index (χ0v) is 9.97. The van der Waals surface area contributed by atoms with Crippen LogP contribution >= 0.6 is 0 Å². The van der Waals surface area contributed by atoms with Gasteiger partial charge in [0.15, 0.2) is 0 Å². The van der Waals surface area contributed by atoms with Crippen molar-refractivity contribution >= 4 is 5.91 Å². The van der Waals surface area contributed by atoms with Crippen molar-refractivity contribution in [2.45, 2.75) is 25.6 Å². The van der Waals surface area contributed by atoms with E-state index in [0.717, 1.165) is 0 Å². The lowest BCUT2D eigenvalue weighted by molar-refractivity contribution is -0.181. The van der Waals surface area contributed by atoms with E-state index >= 15 is 0 Å². The van der Waals surface area contributed by atoms with E-state index in [2.05, 4.69) is 5.32 Å². The van der Waals surface area contributed by atoms with Crippen LogP contribution in [0.3, 0.4) is 0 Å². The van der Waals surface area contributed by atoms with Crippen molar-refractivity contribution in [3.05, 3.63) is 0 Å². The molecule has 0 bridgehead atoms. The van der Waals surface area contributed by atoms with Gasteiger partial charge in [-0.2, -0.15) is 13.2 Å². The highest BCUT2D eigenvalue weighted by Crippen LogP contribution is 2.28. The highest BCUT2D eigenvalue weighted by molar-refractivity contribution is 5.86. The molecular weight excluding hydrogens is 235 g/mol. The molecule has 3 N–H and O–H groups in total. The number of nitrogens with one attached hydrogen (secondary N) is 1. The number of alkyl halides is 3. The van der Waals surface area contributed by atoms with Crippen LogP contribution in [-0.2, 0) is 4.79 Å². The van der Waals surface area contributed by atoms with E-state index in [0.29, 0.717) is 13.1 Å². The molecule has 0 aromatic heterocycles. The molecular formula is C10H18F3N3O. The summed E-state index contributed by atoms with van der Waals surface area (Å²) < 4.78 is 37.9. The number of amides is 1. The van der Waals surface area contributed by atoms with Gasteiger partial charge in [-0.1, -0.05) is 0 Å². The van der Waals surface area contributed by atoms with Crippen molar-refractivity contribution in [1.82, 2.24) is 10.2 Å². The largest absolute Gasteiger partial charge is 0.394 e. The van der Waals surface area contributed by atoms with E-state index in [1.165, 1.54) is 4.90 Å². The van der Waals surface area contributed by atoms with Crippen LogP contribution < -0.4 is 11.1 Å². The van der Waals surface area contributed by atoms with Crippen molar-refractivity contribution < 1.29 is 18.0 Å². The molecule has 1 amide bonds. The summed E-state index contributed by atoms with van der Waals surface area (Å²) in [6.45, 7) is 3.32. The highest BCUT2D eigenvalue weighted by Gasteiger charge is 2.44. The number of piperazine rings is 1. The van der Waals surface area contributed by atoms with E-state index in [9.17, 15) is 18.0 Å². The quantitative estimate of drug-likeness (QED) is 0.762. The number of hydrogen-bond donors (Lipinski definition) is 2. The Morgan fingerprint density at radius 2 is 2.12 bits per heavy atom. The number of halogens is 3. The van der Waals surface area contributed by atoms with E-state index < -0.39 is 24.2 Å². The van der Waals surface area contributed by atoms with Gasteiger partial charge in [0.25, 0.3) is 0 Å². The Morgan fingerprint density at radius 3 is 2.59 bits per heavy atom. The maximum absolute atomic E-state index is 12.6. The number of carbonyl (C=O) groups excluding carboxylic acids is 1. The lowest BCUT2D eigenvalue weighted by Gasteiger charge is -2.42. The Hall–Kier alpha value is -0.820. The molecule has 0 saturated carbocycles. The van der Waals surface area contributed by atoms with Gasteiger partial charge in [0.2, 0.25) is 5.91 Å². The standard InChI is InChI=1S/C10H18F3N3O/c1-9(2)8(17)15-3-4-16(9)6-7(5-14)10(11,12)13/h7H,3-6,14H2,1-2H3,(H,15,17). The molecule has 1 saturated heterocycles. The van der Waals surface area contributed by atoms with Gasteiger partial charge in [-0.15, -0.1) is 0 Å². The van der Waals surface area contributed by atoms with Gasteiger partial charge in [-0.25, -0.2) is 0 Å². The van der Waals surface area contributed by atoms with Gasteiger partial charge >= 0.3 is 6.18 Å². The van der Waals surface area contributed by atoms with Crippen LogP contribution in [0.5, 0.6) is 0 Å². The molecule has 1 aliphatic heterocycles. The van der Waals surface area contributed by atoms with Crippen LogP contribution in [0.15, 0.2) is 0 Å². The average Bonchev–Trinajstić information content (AvgIpc) is 2.18. The summed E-state index contributed by atoms with van der Waals surface area (Å²) in [4.78, 5) is 13.1. The summed E-state index contributed by atoms with van der Waals surface area (Å²) in [6.07, 6.45) is -4.32. The van der Waals surface area contributed by atoms with Crippen molar-refractivity contribution in [3.63, 3.8) is 0 Å². The van der Waals surface area contributed by atoms with Gasteiger partial charge in [-0.05, 0) is 13.8 Å². The average molecular weight is 253 g/mol. The van der Waals surface area contributed by atoms with Gasteiger partial charge in [0, 0.05) is 26.2 Å². The predicted octanol–water partition coefficient (Wildman–Crippen LogP) is 0.334. The number of hydrogen-bond acceptors (Lipinski definition) is 3. The van der Waals surface area contributed by atoms with E-state index in [-0.39, 0.29) is 12.5 Å². The number of nitrogens with two attached hydrogens (primary N) is 1. The zero-order valence-electron chi connectivity index (χ0n) is 9.97. The van der Waals surface area contributed by atoms with Crippen molar-refractivity contribution in [2.24, 2.45) is 11.7 Å². The molecule has 100 valence electrons. The Kier molecular flexibility index (Phi) is 4.03. The maximum Gasteiger partial charge on any atom is 0.394 e. The molecule has 1 aliphatic rings. The van der Waals surface area contributed by atoms with Gasteiger partial charge in [-0.3, -0.25) is 9.69 Å². The lowest BCUT2D eigenvalue weighted by Crippen LogP contribution is -2.63. The fourth-order valence-corrected chi connectivity index (χ4v) is 1.84. The molecule has 1 unspecified atom stereocenters. The first-order valence-electron chi connectivity index (χ1n) is 5.49. The number of rotatable bonds is 3. The minimum Gasteiger partial charge on any atom is -0.353 e. The minimum absolute atomic E-state index is 0.236. The summed E-state index contributed by atoms with van der Waals surface area (Å²) >= 11 is 0. The summed E-state index contributed by atoms with van der Waals surface area (Å²) in [5, 5.41) is 2.64. The molecule has 0 spiro atoms. The fraction of sp³-hybridized carbons (Fsp3) is 0.900. The fourth-order valence-electron chi connectivity index (χ4n) is 1.84. The van der Waals surface area contributed by atoms with Crippen LogP contribution in [0.2, 0.25) is 0 Å². The first-order chi connectivity index (χ1) is 7.69. The first kappa shape index (κ1) is 14.2. The van der Waals surface area contributed by atoms with E-state index in [4.69, 9.17) is 5.73 Å². The summed E-state index contributed by atoms with van der Waals surface area (Å²) in [5.41, 5.74) is 4.23. The monoisotopic (exact) mass is 253 g/mol. The Labute approximate surface area is 98.3 Å². The van der Waals surface area contributed by atoms with Crippen molar-refractivity contribution in [1.29, 1.82) is 0 Å². The summed E-state index contributed by atoms with van der Waals surface area (Å²) in [5.74, 6) is -1.84. The molecule has 17 heavy (non-hydrogen) atoms. The summed E-state index contributed by atoms with van der Waals surface area (Å²) in [7, 11) is 0. The second-order valence-corrected chi connectivity index (χ2v) is 4.74. The molecule has 0 aromatic carbocycles. The van der Waals surface area contributed by atoms with Crippen LogP contribution in [0, 0.1) is 5.92 Å². The van der Waals surface area contributed by atoms with E-state index in [1.54, 1.807) is 13.8 Å². The molecule has 7 heteroatoms. The first-order valence-corrected chi connectivity index (χ1v) is 5.49. The zero-order chi connectivity index (χ0) is 13.3. The second kappa shape index (κ2) is 4.81. The SMILES string of the molecule is CC1(C)C(=O)NCCN1CC(CN)C(F)(F)F. The second-order valence-electron chi connectivity index (χ2n) is 4.74. The molecule has 1 fully saturated rings. The predicted molar refractivity (Wildman–Crippen MR) is 57.3 cm³/mol. The molecule has 0 aliphatic carbocycles. The molecule has 1 heterocycles. The molecule has 0 aromatic rings. The molecule has 1 atom stereocenters. The maximum atomic E-state index is 12.6. The van der Waals surface area contributed by atoms with Crippen LogP contribution in [0.25, 0.3) is 0 Å². The normalized spacial score (nSPS) is 23.3. The molecule has 4 nitrogen and oxygen atoms in total. The Morgan fingerprint density at radius 1 is 1.53 bits per heavy atom. The molecule has 0 radical (unpaired) electrons. The van der Waals surface area contributed by atoms with Crippen molar-refractivity contribution in [3.8, 4) is 0 Å². The van der Waals surface area contributed by atoms with Gasteiger partial charge < -0.3 is 11.1 Å². The Balaban J connectivity index is 2.75. The number of nitrogens with zero attached hydrogens (tertiary/aromatic N) is 1. The lowest BCUT2D eigenvalue weighted by atomic mass is 9.96. The van der Waals surface area contributed by atoms with E-state index in [1.807, 2.05) is 0 Å². The smallest absolute Gasteiger partial charge is 0.353 e. The van der Waals surface area contributed by atoms with Gasteiger partial charge in [0.05, 0.1) is 11.5 Å². The van der Waals surface area contributed by atoms with Crippen LogP contribution in [0.4, 0.5) is 13.2 Å².